The Labute approximate surface area is 68.2 Å². The first-order valence-corrected chi connectivity index (χ1v) is 5.54. The van der Waals surface area contributed by atoms with E-state index in [4.69, 9.17) is 0 Å². The molecule has 0 aromatic heterocycles. The van der Waals surface area contributed by atoms with Crippen LogP contribution >= 0.6 is 0 Å². The molecule has 66 valence electrons. The Bertz CT molecular complexity index is 229. The van der Waals surface area contributed by atoms with E-state index in [1.165, 1.54) is 13.5 Å². The van der Waals surface area contributed by atoms with Crippen molar-refractivity contribution in [1.82, 2.24) is 4.72 Å². The van der Waals surface area contributed by atoms with Gasteiger partial charge in [0.25, 0.3) is 0 Å². The highest BCUT2D eigenvalue weighted by Gasteiger charge is 2.35. The van der Waals surface area contributed by atoms with Gasteiger partial charge in [-0.3, -0.25) is 0 Å². The normalized spacial score (nSPS) is 22.7. The molecule has 0 heterocycles. The Hall–Kier alpha value is -0.0900. The standard InChI is InChI=1S/C7H15NO2S/c1-7(4-3-5-7)6-11(9,10)8-2/h8H,3-6H2,1-2H3. The third-order valence-electron chi connectivity index (χ3n) is 2.41. The summed E-state index contributed by atoms with van der Waals surface area (Å²) in [5.41, 5.74) is 0.0574. The van der Waals surface area contributed by atoms with Gasteiger partial charge in [0.2, 0.25) is 10.0 Å². The summed E-state index contributed by atoms with van der Waals surface area (Å²) < 4.78 is 24.5. The van der Waals surface area contributed by atoms with Gasteiger partial charge in [0.1, 0.15) is 0 Å². The van der Waals surface area contributed by atoms with Gasteiger partial charge >= 0.3 is 0 Å². The molecule has 0 aromatic rings. The van der Waals surface area contributed by atoms with Gasteiger partial charge in [-0.2, -0.15) is 0 Å². The molecule has 0 amide bonds. The van der Waals surface area contributed by atoms with Crippen molar-refractivity contribution in [2.75, 3.05) is 12.8 Å². The second kappa shape index (κ2) is 2.75. The summed E-state index contributed by atoms with van der Waals surface area (Å²) in [6.07, 6.45) is 3.28. The van der Waals surface area contributed by atoms with Crippen LogP contribution in [0.2, 0.25) is 0 Å². The molecule has 0 radical (unpaired) electrons. The van der Waals surface area contributed by atoms with Crippen molar-refractivity contribution in [2.24, 2.45) is 5.41 Å². The lowest BCUT2D eigenvalue weighted by atomic mass is 9.72. The maximum atomic E-state index is 11.1. The van der Waals surface area contributed by atoms with Gasteiger partial charge < -0.3 is 0 Å². The Morgan fingerprint density at radius 1 is 1.45 bits per heavy atom. The van der Waals surface area contributed by atoms with Crippen LogP contribution in [-0.2, 0) is 10.0 Å². The lowest BCUT2D eigenvalue weighted by Crippen LogP contribution is -2.37. The number of rotatable bonds is 3. The Morgan fingerprint density at radius 2 is 2.00 bits per heavy atom. The van der Waals surface area contributed by atoms with Gasteiger partial charge in [-0.05, 0) is 25.3 Å². The molecule has 0 aromatic carbocycles. The van der Waals surface area contributed by atoms with Gasteiger partial charge in [0, 0.05) is 0 Å². The molecule has 0 unspecified atom stereocenters. The number of hydrogen-bond donors (Lipinski definition) is 1. The fourth-order valence-corrected chi connectivity index (χ4v) is 2.81. The maximum absolute atomic E-state index is 11.1. The van der Waals surface area contributed by atoms with Crippen molar-refractivity contribution in [3.8, 4) is 0 Å². The third kappa shape index (κ3) is 2.17. The first kappa shape index (κ1) is 9.00. The van der Waals surface area contributed by atoms with Crippen LogP contribution in [0.3, 0.4) is 0 Å². The van der Waals surface area contributed by atoms with E-state index in [9.17, 15) is 8.42 Å². The van der Waals surface area contributed by atoms with Crippen molar-refractivity contribution in [3.05, 3.63) is 0 Å². The maximum Gasteiger partial charge on any atom is 0.211 e. The van der Waals surface area contributed by atoms with Gasteiger partial charge in [0.05, 0.1) is 5.75 Å². The molecular weight excluding hydrogens is 162 g/mol. The van der Waals surface area contributed by atoms with E-state index in [1.54, 1.807) is 0 Å². The highest BCUT2D eigenvalue weighted by Crippen LogP contribution is 2.40. The summed E-state index contributed by atoms with van der Waals surface area (Å²) in [5.74, 6) is 0.288. The van der Waals surface area contributed by atoms with Gasteiger partial charge in [-0.15, -0.1) is 0 Å². The molecule has 1 rings (SSSR count). The van der Waals surface area contributed by atoms with E-state index in [1.807, 2.05) is 6.92 Å². The van der Waals surface area contributed by atoms with Crippen LogP contribution in [0.15, 0.2) is 0 Å². The summed E-state index contributed by atoms with van der Waals surface area (Å²) in [5, 5.41) is 0. The second-order valence-corrected chi connectivity index (χ2v) is 5.55. The highest BCUT2D eigenvalue weighted by molar-refractivity contribution is 7.89. The van der Waals surface area contributed by atoms with Crippen LogP contribution in [0.1, 0.15) is 26.2 Å². The fourth-order valence-electron chi connectivity index (χ4n) is 1.46. The fraction of sp³-hybridized carbons (Fsp3) is 1.00. The first-order chi connectivity index (χ1) is 4.97. The van der Waals surface area contributed by atoms with Gasteiger partial charge in [-0.25, -0.2) is 13.1 Å². The van der Waals surface area contributed by atoms with Crippen molar-refractivity contribution >= 4 is 10.0 Å². The first-order valence-electron chi connectivity index (χ1n) is 3.89. The van der Waals surface area contributed by atoms with E-state index in [0.717, 1.165) is 12.8 Å². The molecule has 0 spiro atoms. The van der Waals surface area contributed by atoms with Gasteiger partial charge in [0.15, 0.2) is 0 Å². The Kier molecular flexibility index (Phi) is 2.25. The minimum absolute atomic E-state index is 0.0574. The molecule has 0 saturated heterocycles. The van der Waals surface area contributed by atoms with Crippen LogP contribution in [0.5, 0.6) is 0 Å². The molecule has 1 N–H and O–H groups in total. The molecule has 11 heavy (non-hydrogen) atoms. The molecule has 0 atom stereocenters. The zero-order valence-electron chi connectivity index (χ0n) is 7.05. The van der Waals surface area contributed by atoms with Crippen LogP contribution in [0.4, 0.5) is 0 Å². The predicted molar refractivity (Wildman–Crippen MR) is 44.8 cm³/mol. The quantitative estimate of drug-likeness (QED) is 0.690. The minimum atomic E-state index is -2.99. The summed E-state index contributed by atoms with van der Waals surface area (Å²) in [6.45, 7) is 2.03. The SMILES string of the molecule is CNS(=O)(=O)CC1(C)CCC1. The smallest absolute Gasteiger partial charge is 0.211 e. The van der Waals surface area contributed by atoms with Gasteiger partial charge in [-0.1, -0.05) is 13.3 Å². The second-order valence-electron chi connectivity index (χ2n) is 3.63. The summed E-state index contributed by atoms with van der Waals surface area (Å²) in [6, 6.07) is 0. The Balaban J connectivity index is 2.54. The number of hydrogen-bond acceptors (Lipinski definition) is 2. The predicted octanol–water partition coefficient (Wildman–Crippen LogP) is 0.726. The summed E-state index contributed by atoms with van der Waals surface area (Å²) >= 11 is 0. The van der Waals surface area contributed by atoms with E-state index in [2.05, 4.69) is 4.72 Å². The van der Waals surface area contributed by atoms with Crippen LogP contribution in [-0.4, -0.2) is 21.2 Å². The van der Waals surface area contributed by atoms with Crippen LogP contribution in [0, 0.1) is 5.41 Å². The zero-order chi connectivity index (χ0) is 8.54. The van der Waals surface area contributed by atoms with E-state index < -0.39 is 10.0 Å². The molecule has 1 fully saturated rings. The zero-order valence-corrected chi connectivity index (χ0v) is 7.87. The molecule has 1 aliphatic carbocycles. The highest BCUT2D eigenvalue weighted by atomic mass is 32.2. The van der Waals surface area contributed by atoms with Crippen LogP contribution in [0.25, 0.3) is 0 Å². The van der Waals surface area contributed by atoms with Crippen LogP contribution < -0.4 is 4.72 Å². The topological polar surface area (TPSA) is 46.2 Å². The average molecular weight is 177 g/mol. The van der Waals surface area contributed by atoms with Crippen molar-refractivity contribution in [1.29, 1.82) is 0 Å². The van der Waals surface area contributed by atoms with E-state index >= 15 is 0 Å². The van der Waals surface area contributed by atoms with Crippen molar-refractivity contribution in [2.45, 2.75) is 26.2 Å². The molecule has 1 aliphatic rings. The minimum Gasteiger partial charge on any atom is -0.218 e. The third-order valence-corrected chi connectivity index (χ3v) is 4.11. The van der Waals surface area contributed by atoms with E-state index in [-0.39, 0.29) is 11.2 Å². The van der Waals surface area contributed by atoms with E-state index in [0.29, 0.717) is 0 Å². The average Bonchev–Trinajstić information content (AvgIpc) is 1.84. The Morgan fingerprint density at radius 3 is 2.27 bits per heavy atom. The molecule has 0 aliphatic heterocycles. The number of sulfonamides is 1. The lowest BCUT2D eigenvalue weighted by molar-refractivity contribution is 0.194. The monoisotopic (exact) mass is 177 g/mol. The molecular formula is C7H15NO2S. The molecule has 3 nitrogen and oxygen atoms in total. The lowest BCUT2D eigenvalue weighted by Gasteiger charge is -2.37. The largest absolute Gasteiger partial charge is 0.218 e. The van der Waals surface area contributed by atoms with Crippen molar-refractivity contribution < 1.29 is 8.42 Å². The molecule has 0 bridgehead atoms. The number of nitrogens with one attached hydrogen (secondary N) is 1. The summed E-state index contributed by atoms with van der Waals surface area (Å²) in [7, 11) is -1.52. The molecule has 1 saturated carbocycles. The summed E-state index contributed by atoms with van der Waals surface area (Å²) in [4.78, 5) is 0. The van der Waals surface area contributed by atoms with Crippen molar-refractivity contribution in [3.63, 3.8) is 0 Å². The molecule has 4 heteroatoms.